The minimum absolute atomic E-state index is 0.0890. The number of rotatable bonds is 2. The highest BCUT2D eigenvalue weighted by Gasteiger charge is 2.38. The highest BCUT2D eigenvalue weighted by atomic mass is 32.2. The summed E-state index contributed by atoms with van der Waals surface area (Å²) in [5.41, 5.74) is 0.856. The van der Waals surface area contributed by atoms with Crippen molar-refractivity contribution in [2.24, 2.45) is 0 Å². The van der Waals surface area contributed by atoms with Crippen LogP contribution >= 0.6 is 0 Å². The topological polar surface area (TPSA) is 74.8 Å². The Morgan fingerprint density at radius 1 is 1.26 bits per heavy atom. The van der Waals surface area contributed by atoms with Gasteiger partial charge < -0.3 is 4.90 Å². The molecular formula is C16H20N2O4S. The Morgan fingerprint density at radius 3 is 2.74 bits per heavy atom. The van der Waals surface area contributed by atoms with Crippen LogP contribution in [0.25, 0.3) is 0 Å². The van der Waals surface area contributed by atoms with Gasteiger partial charge in [0.25, 0.3) is 5.91 Å². The van der Waals surface area contributed by atoms with E-state index in [4.69, 9.17) is 0 Å². The highest BCUT2D eigenvalue weighted by molar-refractivity contribution is 7.89. The average Bonchev–Trinajstić information content (AvgIpc) is 2.51. The fourth-order valence-corrected chi connectivity index (χ4v) is 4.70. The highest BCUT2D eigenvalue weighted by Crippen LogP contribution is 2.25. The maximum atomic E-state index is 12.5. The van der Waals surface area contributed by atoms with Gasteiger partial charge in [-0.3, -0.25) is 9.59 Å². The lowest BCUT2D eigenvalue weighted by Gasteiger charge is -2.35. The van der Waals surface area contributed by atoms with Gasteiger partial charge in [-0.1, -0.05) is 18.2 Å². The zero-order valence-electron chi connectivity index (χ0n) is 13.1. The van der Waals surface area contributed by atoms with Crippen LogP contribution in [-0.2, 0) is 20.6 Å². The molecule has 0 spiro atoms. The molecule has 1 atom stereocenters. The van der Waals surface area contributed by atoms with Gasteiger partial charge in [-0.2, -0.15) is 0 Å². The van der Waals surface area contributed by atoms with Gasteiger partial charge in [-0.15, -0.1) is 0 Å². The first kappa shape index (κ1) is 16.0. The molecule has 2 heterocycles. The van der Waals surface area contributed by atoms with E-state index >= 15 is 0 Å². The van der Waals surface area contributed by atoms with Crippen LogP contribution in [0.1, 0.15) is 42.1 Å². The summed E-state index contributed by atoms with van der Waals surface area (Å²) in [5.74, 6) is -1.14. The van der Waals surface area contributed by atoms with Gasteiger partial charge in [0.05, 0.1) is 5.75 Å². The summed E-state index contributed by atoms with van der Waals surface area (Å²) in [6.45, 7) is 2.18. The van der Waals surface area contributed by atoms with Gasteiger partial charge in [0.1, 0.15) is 6.54 Å². The summed E-state index contributed by atoms with van der Waals surface area (Å²) in [5, 5.41) is 0. The number of amides is 2. The smallest absolute Gasteiger partial charge is 0.268 e. The zero-order chi connectivity index (χ0) is 16.6. The number of likely N-dealkylation sites (tertiary alicyclic amines) is 1. The molecule has 0 saturated carbocycles. The third kappa shape index (κ3) is 2.97. The molecule has 0 aliphatic carbocycles. The Labute approximate surface area is 136 Å². The van der Waals surface area contributed by atoms with E-state index in [0.717, 1.165) is 23.6 Å². The normalized spacial score (nSPS) is 23.5. The fraction of sp³-hybridized carbons (Fsp3) is 0.500. The molecule has 2 aliphatic rings. The lowest BCUT2D eigenvalue weighted by atomic mass is 10.0. The van der Waals surface area contributed by atoms with E-state index in [1.165, 1.54) is 0 Å². The van der Waals surface area contributed by atoms with Crippen molar-refractivity contribution < 1.29 is 18.0 Å². The van der Waals surface area contributed by atoms with E-state index in [-0.39, 0.29) is 17.7 Å². The van der Waals surface area contributed by atoms with Crippen molar-refractivity contribution >= 4 is 21.8 Å². The minimum atomic E-state index is -3.80. The Bertz CT molecular complexity index is 744. The van der Waals surface area contributed by atoms with Crippen LogP contribution in [0.2, 0.25) is 0 Å². The fourth-order valence-electron chi connectivity index (χ4n) is 3.24. The number of carbonyl (C=O) groups is 2. The second-order valence-electron chi connectivity index (χ2n) is 6.16. The molecule has 7 heteroatoms. The molecule has 6 nitrogen and oxygen atoms in total. The first-order chi connectivity index (χ1) is 10.9. The van der Waals surface area contributed by atoms with Crippen molar-refractivity contribution in [3.63, 3.8) is 0 Å². The first-order valence-electron chi connectivity index (χ1n) is 7.82. The maximum absolute atomic E-state index is 12.5. The summed E-state index contributed by atoms with van der Waals surface area (Å²) in [6.07, 6.45) is 2.90. The number of sulfonamides is 1. The third-order valence-corrected chi connectivity index (χ3v) is 6.19. The Hall–Kier alpha value is -1.89. The monoisotopic (exact) mass is 336 g/mol. The van der Waals surface area contributed by atoms with Gasteiger partial charge >= 0.3 is 0 Å². The van der Waals surface area contributed by atoms with Crippen LogP contribution in [0, 0.1) is 0 Å². The molecule has 1 fully saturated rings. The number of benzene rings is 1. The summed E-state index contributed by atoms with van der Waals surface area (Å²) in [7, 11) is -3.80. The van der Waals surface area contributed by atoms with E-state index in [2.05, 4.69) is 0 Å². The molecule has 23 heavy (non-hydrogen) atoms. The molecular weight excluding hydrogens is 316 g/mol. The van der Waals surface area contributed by atoms with Crippen molar-refractivity contribution in [1.29, 1.82) is 0 Å². The van der Waals surface area contributed by atoms with Gasteiger partial charge in [0, 0.05) is 18.2 Å². The van der Waals surface area contributed by atoms with Crippen LogP contribution in [-0.4, -0.2) is 48.6 Å². The number of hydrogen-bond acceptors (Lipinski definition) is 4. The van der Waals surface area contributed by atoms with Gasteiger partial charge in [-0.25, -0.2) is 12.7 Å². The molecule has 0 bridgehead atoms. The van der Waals surface area contributed by atoms with Crippen molar-refractivity contribution in [3.8, 4) is 0 Å². The Kier molecular flexibility index (Phi) is 4.14. The zero-order valence-corrected chi connectivity index (χ0v) is 13.9. The molecule has 1 saturated heterocycles. The quantitative estimate of drug-likeness (QED) is 0.817. The summed E-state index contributed by atoms with van der Waals surface area (Å²) >= 11 is 0. The molecule has 1 aromatic rings. The standard InChI is InChI=1S/C16H20N2O4S/c1-12-6-4-5-9-17(12)15(19)10-18-16(20)14-8-3-2-7-13(14)11-23(18,21)22/h2-3,7-8,12H,4-6,9-11H2,1H3/t12-/m0/s1. The van der Waals surface area contributed by atoms with E-state index < -0.39 is 22.5 Å². The van der Waals surface area contributed by atoms with Crippen LogP contribution in [0.4, 0.5) is 0 Å². The molecule has 1 aromatic carbocycles. The Morgan fingerprint density at radius 2 is 2.00 bits per heavy atom. The number of nitrogens with zero attached hydrogens (tertiary/aromatic N) is 2. The lowest BCUT2D eigenvalue weighted by molar-refractivity contribution is -0.134. The van der Waals surface area contributed by atoms with Crippen molar-refractivity contribution in [2.45, 2.75) is 38.0 Å². The second kappa shape index (κ2) is 5.96. The van der Waals surface area contributed by atoms with Crippen molar-refractivity contribution in [1.82, 2.24) is 9.21 Å². The Balaban J connectivity index is 1.84. The van der Waals surface area contributed by atoms with Crippen LogP contribution < -0.4 is 0 Å². The molecule has 0 radical (unpaired) electrons. The lowest BCUT2D eigenvalue weighted by Crippen LogP contribution is -2.51. The predicted molar refractivity (Wildman–Crippen MR) is 85.1 cm³/mol. The third-order valence-electron chi connectivity index (χ3n) is 4.55. The molecule has 0 aromatic heterocycles. The number of carbonyl (C=O) groups excluding carboxylic acids is 2. The first-order valence-corrected chi connectivity index (χ1v) is 9.43. The van der Waals surface area contributed by atoms with E-state index in [9.17, 15) is 18.0 Å². The maximum Gasteiger partial charge on any atom is 0.268 e. The largest absolute Gasteiger partial charge is 0.338 e. The average molecular weight is 336 g/mol. The van der Waals surface area contributed by atoms with Gasteiger partial charge in [0.2, 0.25) is 15.9 Å². The minimum Gasteiger partial charge on any atom is -0.338 e. The summed E-state index contributed by atoms with van der Waals surface area (Å²) < 4.78 is 25.5. The van der Waals surface area contributed by atoms with Gasteiger partial charge in [-0.05, 0) is 37.8 Å². The van der Waals surface area contributed by atoms with E-state index in [1.807, 2.05) is 6.92 Å². The predicted octanol–water partition coefficient (Wildman–Crippen LogP) is 1.37. The van der Waals surface area contributed by atoms with E-state index in [1.54, 1.807) is 29.2 Å². The van der Waals surface area contributed by atoms with Crippen LogP contribution in [0.15, 0.2) is 24.3 Å². The number of hydrogen-bond donors (Lipinski definition) is 0. The number of fused-ring (bicyclic) bond motifs is 1. The second-order valence-corrected chi connectivity index (χ2v) is 8.05. The molecule has 3 rings (SSSR count). The SMILES string of the molecule is C[C@H]1CCCCN1C(=O)CN1C(=O)c2ccccc2CS1(=O)=O. The molecule has 2 aliphatic heterocycles. The number of piperidine rings is 1. The molecule has 0 N–H and O–H groups in total. The molecule has 2 amide bonds. The summed E-state index contributed by atoms with van der Waals surface area (Å²) in [6, 6.07) is 6.73. The van der Waals surface area contributed by atoms with Crippen molar-refractivity contribution in [2.75, 3.05) is 13.1 Å². The van der Waals surface area contributed by atoms with Gasteiger partial charge in [0.15, 0.2) is 0 Å². The van der Waals surface area contributed by atoms with Crippen LogP contribution in [0.3, 0.4) is 0 Å². The van der Waals surface area contributed by atoms with Crippen molar-refractivity contribution in [3.05, 3.63) is 35.4 Å². The van der Waals surface area contributed by atoms with Crippen LogP contribution in [0.5, 0.6) is 0 Å². The molecule has 0 unspecified atom stereocenters. The summed E-state index contributed by atoms with van der Waals surface area (Å²) in [4.78, 5) is 26.7. The molecule has 124 valence electrons. The van der Waals surface area contributed by atoms with E-state index in [0.29, 0.717) is 17.7 Å².